The molecule has 0 saturated carbocycles. The zero-order chi connectivity index (χ0) is 16.5. The van der Waals surface area contributed by atoms with Crippen LogP contribution in [0, 0.1) is 6.92 Å². The topological polar surface area (TPSA) is 37.7 Å². The molecule has 1 aromatic rings. The van der Waals surface area contributed by atoms with E-state index < -0.39 is 0 Å². The van der Waals surface area contributed by atoms with Gasteiger partial charge in [0.05, 0.1) is 22.2 Å². The quantitative estimate of drug-likeness (QED) is 0.362. The van der Waals surface area contributed by atoms with Gasteiger partial charge in [-0.25, -0.2) is 9.98 Å². The summed E-state index contributed by atoms with van der Waals surface area (Å²) < 4.78 is 6.74. The van der Waals surface area contributed by atoms with E-state index >= 15 is 0 Å². The summed E-state index contributed by atoms with van der Waals surface area (Å²) in [7, 11) is 1.98. The summed E-state index contributed by atoms with van der Waals surface area (Å²) >= 11 is 3.51. The lowest BCUT2D eigenvalue weighted by atomic mass is 10.2. The molecule has 22 heavy (non-hydrogen) atoms. The highest BCUT2D eigenvalue weighted by atomic mass is 79.9. The van der Waals surface area contributed by atoms with Gasteiger partial charge in [-0.2, -0.15) is 0 Å². The van der Waals surface area contributed by atoms with E-state index in [1.807, 2.05) is 37.1 Å². The number of halogens is 1. The standard InChI is InChI=1S/C17H24BrN3O/c1-6-9-14(10-7-2)22-17-15(18)11-16(13(4)20-17)19-12-21(5)8-3/h6-7,11-12,14H,1-2,8-10H2,3-5H3/b19-12+. The van der Waals surface area contributed by atoms with Crippen LogP contribution in [0.2, 0.25) is 0 Å². The highest BCUT2D eigenvalue weighted by Crippen LogP contribution is 2.30. The van der Waals surface area contributed by atoms with Gasteiger partial charge in [0.2, 0.25) is 5.88 Å². The molecule has 0 atom stereocenters. The van der Waals surface area contributed by atoms with Crippen LogP contribution in [0.3, 0.4) is 0 Å². The summed E-state index contributed by atoms with van der Waals surface area (Å²) in [6, 6.07) is 1.93. The Morgan fingerprint density at radius 3 is 2.59 bits per heavy atom. The largest absolute Gasteiger partial charge is 0.473 e. The Bertz CT molecular complexity index is 533. The highest BCUT2D eigenvalue weighted by Gasteiger charge is 2.13. The molecular formula is C17H24BrN3O. The van der Waals surface area contributed by atoms with Gasteiger partial charge >= 0.3 is 0 Å². The van der Waals surface area contributed by atoms with E-state index in [1.165, 1.54) is 0 Å². The Balaban J connectivity index is 2.95. The van der Waals surface area contributed by atoms with Crippen LogP contribution in [0.25, 0.3) is 0 Å². The van der Waals surface area contributed by atoms with Crippen molar-refractivity contribution >= 4 is 28.0 Å². The maximum atomic E-state index is 5.95. The molecule has 0 unspecified atom stereocenters. The number of aliphatic imine (C=N–C) groups is 1. The minimum Gasteiger partial charge on any atom is -0.473 e. The van der Waals surface area contributed by atoms with Crippen molar-refractivity contribution in [2.24, 2.45) is 4.99 Å². The first-order chi connectivity index (χ1) is 10.5. The van der Waals surface area contributed by atoms with Crippen LogP contribution in [0.4, 0.5) is 5.69 Å². The van der Waals surface area contributed by atoms with Gasteiger partial charge in [0.25, 0.3) is 0 Å². The molecule has 4 nitrogen and oxygen atoms in total. The minimum atomic E-state index is -0.00113. The molecule has 120 valence electrons. The number of hydrogen-bond donors (Lipinski definition) is 0. The first-order valence-electron chi connectivity index (χ1n) is 7.31. The number of hydrogen-bond acceptors (Lipinski definition) is 3. The molecule has 0 spiro atoms. The molecule has 0 bridgehead atoms. The van der Waals surface area contributed by atoms with E-state index in [0.717, 1.165) is 35.2 Å². The second-order valence-corrected chi connectivity index (χ2v) is 5.84. The summed E-state index contributed by atoms with van der Waals surface area (Å²) in [6.07, 6.45) is 6.98. The van der Waals surface area contributed by atoms with Gasteiger partial charge in [0.1, 0.15) is 6.10 Å². The number of rotatable bonds is 9. The van der Waals surface area contributed by atoms with Crippen molar-refractivity contribution in [2.75, 3.05) is 13.6 Å². The van der Waals surface area contributed by atoms with Crippen LogP contribution in [0.15, 0.2) is 40.8 Å². The van der Waals surface area contributed by atoms with Gasteiger partial charge in [0, 0.05) is 26.4 Å². The zero-order valence-corrected chi connectivity index (χ0v) is 15.1. The van der Waals surface area contributed by atoms with E-state index in [9.17, 15) is 0 Å². The van der Waals surface area contributed by atoms with Crippen LogP contribution in [0.1, 0.15) is 25.5 Å². The summed E-state index contributed by atoms with van der Waals surface area (Å²) in [5, 5.41) is 0. The van der Waals surface area contributed by atoms with Crippen LogP contribution in [-0.4, -0.2) is 35.9 Å². The minimum absolute atomic E-state index is 0.00113. The first kappa shape index (κ1) is 18.4. The molecule has 0 fully saturated rings. The lowest BCUT2D eigenvalue weighted by molar-refractivity contribution is 0.198. The Morgan fingerprint density at radius 2 is 2.05 bits per heavy atom. The lowest BCUT2D eigenvalue weighted by Crippen LogP contribution is -2.16. The van der Waals surface area contributed by atoms with Crippen molar-refractivity contribution < 1.29 is 4.74 Å². The summed E-state index contributed by atoms with van der Waals surface area (Å²) in [4.78, 5) is 11.0. The van der Waals surface area contributed by atoms with Crippen molar-refractivity contribution in [3.63, 3.8) is 0 Å². The maximum Gasteiger partial charge on any atom is 0.228 e. The molecule has 1 aromatic heterocycles. The van der Waals surface area contributed by atoms with E-state index in [0.29, 0.717) is 5.88 Å². The average Bonchev–Trinajstić information content (AvgIpc) is 2.49. The first-order valence-corrected chi connectivity index (χ1v) is 8.11. The van der Waals surface area contributed by atoms with Gasteiger partial charge in [-0.3, -0.25) is 0 Å². The predicted molar refractivity (Wildman–Crippen MR) is 97.2 cm³/mol. The smallest absolute Gasteiger partial charge is 0.228 e. The number of aryl methyl sites for hydroxylation is 1. The molecule has 0 radical (unpaired) electrons. The summed E-state index contributed by atoms with van der Waals surface area (Å²) in [5.74, 6) is 0.578. The fourth-order valence-electron chi connectivity index (χ4n) is 1.73. The van der Waals surface area contributed by atoms with Gasteiger partial charge in [-0.05, 0) is 35.8 Å². The maximum absolute atomic E-state index is 5.95. The van der Waals surface area contributed by atoms with Crippen LogP contribution >= 0.6 is 15.9 Å². The molecule has 1 heterocycles. The highest BCUT2D eigenvalue weighted by molar-refractivity contribution is 9.10. The van der Waals surface area contributed by atoms with E-state index in [4.69, 9.17) is 4.74 Å². The normalized spacial score (nSPS) is 11.0. The average molecular weight is 366 g/mol. The fraction of sp³-hybridized carbons (Fsp3) is 0.412. The van der Waals surface area contributed by atoms with E-state index in [-0.39, 0.29) is 6.10 Å². The Morgan fingerprint density at radius 1 is 1.41 bits per heavy atom. The predicted octanol–water partition coefficient (Wildman–Crippen LogP) is 4.66. The molecule has 0 aromatic carbocycles. The van der Waals surface area contributed by atoms with Crippen molar-refractivity contribution in [2.45, 2.75) is 32.8 Å². The summed E-state index contributed by atoms with van der Waals surface area (Å²) in [6.45, 7) is 12.4. The molecule has 0 amide bonds. The molecule has 0 aliphatic carbocycles. The summed E-state index contributed by atoms with van der Waals surface area (Å²) in [5.41, 5.74) is 1.65. The Labute approximate surface area is 141 Å². The van der Waals surface area contributed by atoms with Crippen LogP contribution in [0.5, 0.6) is 5.88 Å². The Kier molecular flexibility index (Phi) is 7.88. The molecule has 0 saturated heterocycles. The molecule has 0 N–H and O–H groups in total. The van der Waals surface area contributed by atoms with E-state index in [2.05, 4.69) is 46.0 Å². The second kappa shape index (κ2) is 9.41. The third-order valence-corrected chi connectivity index (χ3v) is 3.71. The van der Waals surface area contributed by atoms with Crippen molar-refractivity contribution in [1.82, 2.24) is 9.88 Å². The van der Waals surface area contributed by atoms with Crippen LogP contribution < -0.4 is 4.74 Å². The van der Waals surface area contributed by atoms with Crippen molar-refractivity contribution in [1.29, 1.82) is 0 Å². The van der Waals surface area contributed by atoms with Gasteiger partial charge in [0.15, 0.2) is 0 Å². The van der Waals surface area contributed by atoms with Gasteiger partial charge in [-0.1, -0.05) is 12.2 Å². The molecule has 1 rings (SSSR count). The Hall–Kier alpha value is -1.62. The second-order valence-electron chi connectivity index (χ2n) is 4.99. The number of ether oxygens (including phenoxy) is 1. The third-order valence-electron chi connectivity index (χ3n) is 3.14. The van der Waals surface area contributed by atoms with Gasteiger partial charge < -0.3 is 9.64 Å². The molecule has 0 aliphatic rings. The number of nitrogens with zero attached hydrogens (tertiary/aromatic N) is 3. The lowest BCUT2D eigenvalue weighted by Gasteiger charge is -2.17. The number of pyridine rings is 1. The molecule has 5 heteroatoms. The van der Waals surface area contributed by atoms with Crippen molar-refractivity contribution in [3.05, 3.63) is 41.5 Å². The third kappa shape index (κ3) is 5.64. The fourth-order valence-corrected chi connectivity index (χ4v) is 2.13. The molecule has 0 aliphatic heterocycles. The molecular weight excluding hydrogens is 342 g/mol. The van der Waals surface area contributed by atoms with Crippen LogP contribution in [-0.2, 0) is 0 Å². The van der Waals surface area contributed by atoms with E-state index in [1.54, 1.807) is 6.34 Å². The van der Waals surface area contributed by atoms with Gasteiger partial charge in [-0.15, -0.1) is 13.2 Å². The zero-order valence-electron chi connectivity index (χ0n) is 13.6. The van der Waals surface area contributed by atoms with Crippen molar-refractivity contribution in [3.8, 4) is 5.88 Å². The number of aromatic nitrogens is 1. The SMILES string of the molecule is C=CCC(CC=C)Oc1nc(C)c(/N=C/N(C)CC)cc1Br. The monoisotopic (exact) mass is 365 g/mol.